The second-order valence-electron chi connectivity index (χ2n) is 3.05. The number of rotatable bonds is 3. The smallest absolute Gasteiger partial charge is 0.0361 e. The highest BCUT2D eigenvalue weighted by Gasteiger charge is 1.93. The Morgan fingerprint density at radius 1 is 1.25 bits per heavy atom. The summed E-state index contributed by atoms with van der Waals surface area (Å²) in [7, 11) is 4.09. The molecule has 1 aromatic carbocycles. The van der Waals surface area contributed by atoms with Crippen molar-refractivity contribution in [1.29, 1.82) is 0 Å². The fourth-order valence-electron chi connectivity index (χ4n) is 1.10. The Morgan fingerprint density at radius 3 is 2.25 bits per heavy atom. The Balaban J connectivity index is 2.78. The maximum atomic E-state index is 3.70. The van der Waals surface area contributed by atoms with Gasteiger partial charge in [-0.25, -0.2) is 0 Å². The zero-order chi connectivity index (χ0) is 8.97. The van der Waals surface area contributed by atoms with Crippen LogP contribution in [0.1, 0.15) is 5.56 Å². The summed E-state index contributed by atoms with van der Waals surface area (Å²) in [6, 6.07) is 8.52. The van der Waals surface area contributed by atoms with Crippen LogP contribution in [-0.2, 0) is 6.42 Å². The second kappa shape index (κ2) is 3.96. The van der Waals surface area contributed by atoms with Crippen LogP contribution in [-0.4, -0.2) is 14.1 Å². The molecule has 1 heteroatoms. The summed E-state index contributed by atoms with van der Waals surface area (Å²) in [4.78, 5) is 2.09. The highest BCUT2D eigenvalue weighted by atomic mass is 15.1. The number of nitrogens with zero attached hydrogens (tertiary/aromatic N) is 1. The first-order chi connectivity index (χ1) is 5.74. The molecule has 0 saturated heterocycles. The van der Waals surface area contributed by atoms with E-state index >= 15 is 0 Å². The van der Waals surface area contributed by atoms with Gasteiger partial charge in [-0.1, -0.05) is 18.2 Å². The van der Waals surface area contributed by atoms with Crippen molar-refractivity contribution in [2.75, 3.05) is 19.0 Å². The molecule has 0 N–H and O–H groups in total. The van der Waals surface area contributed by atoms with E-state index in [1.54, 1.807) is 0 Å². The average molecular weight is 161 g/mol. The van der Waals surface area contributed by atoms with Crippen LogP contribution < -0.4 is 4.90 Å². The van der Waals surface area contributed by atoms with Crippen LogP contribution in [0.5, 0.6) is 0 Å². The molecule has 0 aliphatic heterocycles. The van der Waals surface area contributed by atoms with E-state index in [9.17, 15) is 0 Å². The zero-order valence-electron chi connectivity index (χ0n) is 7.75. The molecule has 0 unspecified atom stereocenters. The van der Waals surface area contributed by atoms with Gasteiger partial charge in [-0.2, -0.15) is 0 Å². The zero-order valence-corrected chi connectivity index (χ0v) is 7.75. The van der Waals surface area contributed by atoms with Crippen molar-refractivity contribution < 1.29 is 0 Å². The van der Waals surface area contributed by atoms with Crippen LogP contribution in [0.25, 0.3) is 0 Å². The Bertz CT molecular complexity index is 246. The largest absolute Gasteiger partial charge is 0.378 e. The third kappa shape index (κ3) is 2.12. The predicted molar refractivity (Wildman–Crippen MR) is 54.7 cm³/mol. The number of hydrogen-bond donors (Lipinski definition) is 0. The first-order valence-electron chi connectivity index (χ1n) is 4.11. The van der Waals surface area contributed by atoms with Crippen molar-refractivity contribution in [3.05, 3.63) is 42.5 Å². The van der Waals surface area contributed by atoms with Crippen LogP contribution >= 0.6 is 0 Å². The standard InChI is InChI=1S/C11H15N/c1-4-5-10-6-8-11(9-7-10)12(2)3/h4,6-9H,1,5H2,2-3H3. The fraction of sp³-hybridized carbons (Fsp3) is 0.273. The lowest BCUT2D eigenvalue weighted by atomic mass is 10.1. The van der Waals surface area contributed by atoms with E-state index in [0.29, 0.717) is 0 Å². The quantitative estimate of drug-likeness (QED) is 0.616. The van der Waals surface area contributed by atoms with Crippen LogP contribution in [0.2, 0.25) is 0 Å². The summed E-state index contributed by atoms with van der Waals surface area (Å²) < 4.78 is 0. The number of hydrogen-bond acceptors (Lipinski definition) is 1. The molecule has 0 saturated carbocycles. The van der Waals surface area contributed by atoms with E-state index in [-0.39, 0.29) is 0 Å². The summed E-state index contributed by atoms with van der Waals surface area (Å²) in [5.41, 5.74) is 2.55. The molecule has 0 aliphatic carbocycles. The molecule has 0 aromatic heterocycles. The SMILES string of the molecule is C=CCc1ccc(N(C)C)cc1. The van der Waals surface area contributed by atoms with Gasteiger partial charge in [0.1, 0.15) is 0 Å². The second-order valence-corrected chi connectivity index (χ2v) is 3.05. The molecule has 1 nitrogen and oxygen atoms in total. The van der Waals surface area contributed by atoms with Gasteiger partial charge in [0.2, 0.25) is 0 Å². The van der Waals surface area contributed by atoms with Crippen molar-refractivity contribution in [2.45, 2.75) is 6.42 Å². The maximum absolute atomic E-state index is 3.70. The van der Waals surface area contributed by atoms with Gasteiger partial charge < -0.3 is 4.90 Å². The van der Waals surface area contributed by atoms with Gasteiger partial charge in [0, 0.05) is 19.8 Å². The molecular formula is C11H15N. The highest BCUT2D eigenvalue weighted by molar-refractivity contribution is 5.46. The summed E-state index contributed by atoms with van der Waals surface area (Å²) in [5.74, 6) is 0. The fourth-order valence-corrected chi connectivity index (χ4v) is 1.10. The molecule has 12 heavy (non-hydrogen) atoms. The summed E-state index contributed by atoms with van der Waals surface area (Å²) in [6.07, 6.45) is 2.87. The van der Waals surface area contributed by atoms with Gasteiger partial charge in [-0.15, -0.1) is 6.58 Å². The Hall–Kier alpha value is -1.24. The van der Waals surface area contributed by atoms with Gasteiger partial charge in [0.15, 0.2) is 0 Å². The van der Waals surface area contributed by atoms with Crippen LogP contribution in [0.15, 0.2) is 36.9 Å². The first kappa shape index (κ1) is 8.85. The van der Waals surface area contributed by atoms with Gasteiger partial charge in [0.25, 0.3) is 0 Å². The molecule has 1 aromatic rings. The van der Waals surface area contributed by atoms with Crippen molar-refractivity contribution >= 4 is 5.69 Å². The van der Waals surface area contributed by atoms with Crippen LogP contribution in [0, 0.1) is 0 Å². The van der Waals surface area contributed by atoms with E-state index in [1.165, 1.54) is 11.3 Å². The van der Waals surface area contributed by atoms with E-state index in [2.05, 4.69) is 35.7 Å². The third-order valence-corrected chi connectivity index (χ3v) is 1.83. The van der Waals surface area contributed by atoms with E-state index in [4.69, 9.17) is 0 Å². The summed E-state index contributed by atoms with van der Waals surface area (Å²) in [6.45, 7) is 3.70. The molecule has 1 rings (SSSR count). The lowest BCUT2D eigenvalue weighted by Gasteiger charge is -2.12. The molecular weight excluding hydrogens is 146 g/mol. The van der Waals surface area contributed by atoms with Crippen molar-refractivity contribution in [1.82, 2.24) is 0 Å². The van der Waals surface area contributed by atoms with Crippen LogP contribution in [0.4, 0.5) is 5.69 Å². The summed E-state index contributed by atoms with van der Waals surface area (Å²) in [5, 5.41) is 0. The normalized spacial score (nSPS) is 9.50. The first-order valence-corrected chi connectivity index (χ1v) is 4.11. The lowest BCUT2D eigenvalue weighted by Crippen LogP contribution is -2.08. The highest BCUT2D eigenvalue weighted by Crippen LogP contribution is 2.12. The monoisotopic (exact) mass is 161 g/mol. The Kier molecular flexibility index (Phi) is 2.92. The molecule has 0 bridgehead atoms. The number of allylic oxidation sites excluding steroid dienone is 1. The predicted octanol–water partition coefficient (Wildman–Crippen LogP) is 2.48. The minimum atomic E-state index is 0.952. The molecule has 0 aliphatic rings. The number of benzene rings is 1. The average Bonchev–Trinajstić information content (AvgIpc) is 2.06. The van der Waals surface area contributed by atoms with Gasteiger partial charge in [-0.05, 0) is 24.1 Å². The van der Waals surface area contributed by atoms with Crippen molar-refractivity contribution in [3.8, 4) is 0 Å². The molecule has 0 atom stereocenters. The van der Waals surface area contributed by atoms with Gasteiger partial charge in [-0.3, -0.25) is 0 Å². The van der Waals surface area contributed by atoms with E-state index in [0.717, 1.165) is 6.42 Å². The van der Waals surface area contributed by atoms with E-state index in [1.807, 2.05) is 20.2 Å². The molecule has 0 fully saturated rings. The van der Waals surface area contributed by atoms with Gasteiger partial charge >= 0.3 is 0 Å². The minimum Gasteiger partial charge on any atom is -0.378 e. The Labute approximate surface area is 74.3 Å². The van der Waals surface area contributed by atoms with Crippen molar-refractivity contribution in [2.24, 2.45) is 0 Å². The molecule has 0 heterocycles. The molecule has 0 radical (unpaired) electrons. The molecule has 64 valence electrons. The molecule has 0 spiro atoms. The van der Waals surface area contributed by atoms with Crippen LogP contribution in [0.3, 0.4) is 0 Å². The van der Waals surface area contributed by atoms with E-state index < -0.39 is 0 Å². The topological polar surface area (TPSA) is 3.24 Å². The summed E-state index contributed by atoms with van der Waals surface area (Å²) >= 11 is 0. The molecule has 0 amide bonds. The third-order valence-electron chi connectivity index (χ3n) is 1.83. The minimum absolute atomic E-state index is 0.952. The number of anilines is 1. The van der Waals surface area contributed by atoms with Crippen molar-refractivity contribution in [3.63, 3.8) is 0 Å². The Morgan fingerprint density at radius 2 is 1.83 bits per heavy atom. The lowest BCUT2D eigenvalue weighted by molar-refractivity contribution is 1.13. The maximum Gasteiger partial charge on any atom is 0.0361 e. The van der Waals surface area contributed by atoms with Gasteiger partial charge in [0.05, 0.1) is 0 Å².